The molecule has 0 heterocycles. The van der Waals surface area contributed by atoms with E-state index in [2.05, 4.69) is 15.6 Å². The lowest BCUT2D eigenvalue weighted by Gasteiger charge is -2.13. The van der Waals surface area contributed by atoms with Gasteiger partial charge in [0.05, 0.1) is 17.7 Å². The molecular weight excluding hydrogens is 394 g/mol. The quantitative estimate of drug-likeness (QED) is 0.625. The third kappa shape index (κ3) is 5.05. The number of amides is 2. The van der Waals surface area contributed by atoms with Crippen molar-refractivity contribution in [2.24, 2.45) is 5.92 Å². The Morgan fingerprint density at radius 3 is 2.45 bits per heavy atom. The second-order valence-corrected chi connectivity index (χ2v) is 8.44. The SMILES string of the molecule is COc1ccccc1NS(=O)(=O)c1cccc(C(=O)NNC(=O)C2CCCC2)c1. The van der Waals surface area contributed by atoms with Crippen molar-refractivity contribution in [2.75, 3.05) is 11.8 Å². The van der Waals surface area contributed by atoms with Gasteiger partial charge in [-0.25, -0.2) is 8.42 Å². The van der Waals surface area contributed by atoms with Gasteiger partial charge in [-0.3, -0.25) is 25.2 Å². The molecule has 0 aromatic heterocycles. The van der Waals surface area contributed by atoms with E-state index in [1.807, 2.05) is 0 Å². The minimum absolute atomic E-state index is 0.0850. The maximum absolute atomic E-state index is 12.7. The van der Waals surface area contributed by atoms with Crippen molar-refractivity contribution in [3.05, 3.63) is 54.1 Å². The molecule has 2 aromatic rings. The highest BCUT2D eigenvalue weighted by atomic mass is 32.2. The zero-order valence-electron chi connectivity index (χ0n) is 16.0. The van der Waals surface area contributed by atoms with E-state index in [0.717, 1.165) is 25.7 Å². The largest absolute Gasteiger partial charge is 0.495 e. The number of para-hydroxylation sites is 2. The molecule has 2 amide bonds. The fourth-order valence-electron chi connectivity index (χ4n) is 3.22. The number of ether oxygens (including phenoxy) is 1. The van der Waals surface area contributed by atoms with Gasteiger partial charge in [-0.15, -0.1) is 0 Å². The van der Waals surface area contributed by atoms with Crippen molar-refractivity contribution in [1.29, 1.82) is 0 Å². The third-order valence-electron chi connectivity index (χ3n) is 4.78. The number of sulfonamides is 1. The van der Waals surface area contributed by atoms with Gasteiger partial charge in [-0.1, -0.05) is 31.0 Å². The summed E-state index contributed by atoms with van der Waals surface area (Å²) >= 11 is 0. The average Bonchev–Trinajstić information content (AvgIpc) is 3.27. The van der Waals surface area contributed by atoms with Crippen LogP contribution in [0.3, 0.4) is 0 Å². The topological polar surface area (TPSA) is 114 Å². The van der Waals surface area contributed by atoms with Crippen LogP contribution in [0.25, 0.3) is 0 Å². The van der Waals surface area contributed by atoms with Crippen LogP contribution in [-0.4, -0.2) is 27.3 Å². The van der Waals surface area contributed by atoms with Gasteiger partial charge in [0.25, 0.3) is 15.9 Å². The Hall–Kier alpha value is -3.07. The number of nitrogens with one attached hydrogen (secondary N) is 3. The monoisotopic (exact) mass is 417 g/mol. The molecule has 3 rings (SSSR count). The standard InChI is InChI=1S/C20H23N3O5S/c1-28-18-12-5-4-11-17(18)23-29(26,27)16-10-6-9-15(13-16)20(25)22-21-19(24)14-7-2-3-8-14/h4-6,9-14,23H,2-3,7-8H2,1H3,(H,21,24)(H,22,25). The van der Waals surface area contributed by atoms with Gasteiger partial charge in [0, 0.05) is 11.5 Å². The van der Waals surface area contributed by atoms with Crippen molar-refractivity contribution in [1.82, 2.24) is 10.9 Å². The fraction of sp³-hybridized carbons (Fsp3) is 0.300. The second kappa shape index (κ2) is 8.95. The lowest BCUT2D eigenvalue weighted by molar-refractivity contribution is -0.125. The van der Waals surface area contributed by atoms with Gasteiger partial charge in [-0.2, -0.15) is 0 Å². The molecule has 0 bridgehead atoms. The Morgan fingerprint density at radius 1 is 1.00 bits per heavy atom. The molecule has 29 heavy (non-hydrogen) atoms. The van der Waals surface area contributed by atoms with Gasteiger partial charge >= 0.3 is 0 Å². The van der Waals surface area contributed by atoms with Crippen LogP contribution in [0, 0.1) is 5.92 Å². The number of carbonyl (C=O) groups is 2. The molecule has 0 aliphatic heterocycles. The van der Waals surface area contributed by atoms with Crippen LogP contribution in [0.2, 0.25) is 0 Å². The zero-order chi connectivity index (χ0) is 20.9. The minimum Gasteiger partial charge on any atom is -0.495 e. The average molecular weight is 417 g/mol. The maximum atomic E-state index is 12.7. The molecule has 0 radical (unpaired) electrons. The number of hydrogen-bond donors (Lipinski definition) is 3. The zero-order valence-corrected chi connectivity index (χ0v) is 16.8. The molecule has 1 aliphatic rings. The highest BCUT2D eigenvalue weighted by Gasteiger charge is 2.23. The van der Waals surface area contributed by atoms with E-state index in [4.69, 9.17) is 4.74 Å². The Labute approximate surface area is 169 Å². The first-order valence-electron chi connectivity index (χ1n) is 9.27. The van der Waals surface area contributed by atoms with Crippen molar-refractivity contribution in [3.8, 4) is 5.75 Å². The predicted molar refractivity (Wildman–Crippen MR) is 108 cm³/mol. The highest BCUT2D eigenvalue weighted by Crippen LogP contribution is 2.26. The van der Waals surface area contributed by atoms with E-state index < -0.39 is 15.9 Å². The number of hydrogen-bond acceptors (Lipinski definition) is 5. The molecule has 1 fully saturated rings. The van der Waals surface area contributed by atoms with Crippen LogP contribution in [0.1, 0.15) is 36.0 Å². The predicted octanol–water partition coefficient (Wildman–Crippen LogP) is 2.45. The third-order valence-corrected chi connectivity index (χ3v) is 6.15. The van der Waals surface area contributed by atoms with Crippen LogP contribution in [0.4, 0.5) is 5.69 Å². The van der Waals surface area contributed by atoms with Crippen molar-refractivity contribution in [2.45, 2.75) is 30.6 Å². The van der Waals surface area contributed by atoms with Crippen molar-refractivity contribution >= 4 is 27.5 Å². The van der Waals surface area contributed by atoms with Crippen molar-refractivity contribution in [3.63, 3.8) is 0 Å². The summed E-state index contributed by atoms with van der Waals surface area (Å²) in [5.41, 5.74) is 5.16. The lowest BCUT2D eigenvalue weighted by Crippen LogP contribution is -2.44. The molecule has 0 unspecified atom stereocenters. The first-order valence-corrected chi connectivity index (χ1v) is 10.7. The smallest absolute Gasteiger partial charge is 0.269 e. The Morgan fingerprint density at radius 2 is 1.72 bits per heavy atom. The summed E-state index contributed by atoms with van der Waals surface area (Å²) in [5, 5.41) is 0. The molecule has 1 saturated carbocycles. The lowest BCUT2D eigenvalue weighted by atomic mass is 10.1. The summed E-state index contributed by atoms with van der Waals surface area (Å²) in [5.74, 6) is -0.533. The normalized spacial score (nSPS) is 14.2. The summed E-state index contributed by atoms with van der Waals surface area (Å²) in [7, 11) is -2.50. The Bertz CT molecular complexity index is 1000. The Kier molecular flexibility index (Phi) is 6.38. The van der Waals surface area contributed by atoms with Crippen LogP contribution in [0.15, 0.2) is 53.4 Å². The van der Waals surface area contributed by atoms with E-state index in [0.29, 0.717) is 5.75 Å². The van der Waals surface area contributed by atoms with Crippen LogP contribution in [-0.2, 0) is 14.8 Å². The van der Waals surface area contributed by atoms with E-state index in [1.54, 1.807) is 24.3 Å². The summed E-state index contributed by atoms with van der Waals surface area (Å²) in [6, 6.07) is 12.2. The molecule has 154 valence electrons. The minimum atomic E-state index is -3.94. The summed E-state index contributed by atoms with van der Waals surface area (Å²) < 4.78 is 33.0. The second-order valence-electron chi connectivity index (χ2n) is 6.76. The fourth-order valence-corrected chi connectivity index (χ4v) is 4.33. The maximum Gasteiger partial charge on any atom is 0.269 e. The first-order chi connectivity index (χ1) is 13.9. The van der Waals surface area contributed by atoms with Gasteiger partial charge in [-0.05, 0) is 43.2 Å². The van der Waals surface area contributed by atoms with Gasteiger partial charge in [0.1, 0.15) is 5.75 Å². The summed E-state index contributed by atoms with van der Waals surface area (Å²) in [6.45, 7) is 0. The van der Waals surface area contributed by atoms with E-state index in [9.17, 15) is 18.0 Å². The molecule has 2 aromatic carbocycles. The molecule has 0 saturated heterocycles. The number of benzene rings is 2. The molecule has 0 spiro atoms. The van der Waals surface area contributed by atoms with E-state index in [-0.39, 0.29) is 28.0 Å². The van der Waals surface area contributed by atoms with Crippen LogP contribution in [0.5, 0.6) is 5.75 Å². The molecule has 8 nitrogen and oxygen atoms in total. The van der Waals surface area contributed by atoms with Gasteiger partial charge in [0.2, 0.25) is 5.91 Å². The number of rotatable bonds is 6. The van der Waals surface area contributed by atoms with E-state index >= 15 is 0 Å². The Balaban J connectivity index is 1.70. The number of carbonyl (C=O) groups excluding carboxylic acids is 2. The molecule has 9 heteroatoms. The van der Waals surface area contributed by atoms with Gasteiger partial charge in [0.15, 0.2) is 0 Å². The number of hydrazine groups is 1. The number of anilines is 1. The van der Waals surface area contributed by atoms with Gasteiger partial charge < -0.3 is 4.74 Å². The summed E-state index contributed by atoms with van der Waals surface area (Å²) in [4.78, 5) is 24.3. The first kappa shape index (κ1) is 20.7. The van der Waals surface area contributed by atoms with Crippen molar-refractivity contribution < 1.29 is 22.7 Å². The number of methoxy groups -OCH3 is 1. The molecule has 1 aliphatic carbocycles. The summed E-state index contributed by atoms with van der Waals surface area (Å²) in [6.07, 6.45) is 3.63. The van der Waals surface area contributed by atoms with Crippen LogP contribution >= 0.6 is 0 Å². The van der Waals surface area contributed by atoms with Crippen LogP contribution < -0.4 is 20.3 Å². The molecule has 0 atom stereocenters. The van der Waals surface area contributed by atoms with E-state index in [1.165, 1.54) is 31.4 Å². The molecule has 3 N–H and O–H groups in total. The molecular formula is C20H23N3O5S. The highest BCUT2D eigenvalue weighted by molar-refractivity contribution is 7.92.